The van der Waals surface area contributed by atoms with Crippen LogP contribution in [0, 0.1) is 5.92 Å². The Hall–Kier alpha value is -0.220. The molecule has 1 saturated heterocycles. The summed E-state index contributed by atoms with van der Waals surface area (Å²) in [5.41, 5.74) is 0. The van der Waals surface area contributed by atoms with Crippen molar-refractivity contribution in [1.29, 1.82) is 0 Å². The van der Waals surface area contributed by atoms with Crippen LogP contribution in [0.4, 0.5) is 0 Å². The van der Waals surface area contributed by atoms with Crippen LogP contribution in [0.3, 0.4) is 0 Å². The van der Waals surface area contributed by atoms with Crippen LogP contribution in [-0.4, -0.2) is 34.7 Å². The van der Waals surface area contributed by atoms with Crippen molar-refractivity contribution in [3.63, 3.8) is 0 Å². The molecule has 1 aliphatic carbocycles. The molecule has 0 spiro atoms. The lowest BCUT2D eigenvalue weighted by Crippen LogP contribution is -2.52. The summed E-state index contributed by atoms with van der Waals surface area (Å²) >= 11 is 1.78. The van der Waals surface area contributed by atoms with E-state index in [-0.39, 0.29) is 6.04 Å². The van der Waals surface area contributed by atoms with E-state index in [2.05, 4.69) is 5.32 Å². The molecular weight excluding hydrogens is 198 g/mol. The van der Waals surface area contributed by atoms with Crippen molar-refractivity contribution >= 4 is 17.7 Å². The molecule has 2 N–H and O–H groups in total. The molecule has 4 heteroatoms. The molecule has 14 heavy (non-hydrogen) atoms. The summed E-state index contributed by atoms with van der Waals surface area (Å²) in [4.78, 5) is 10.8. The molecule has 0 aromatic carbocycles. The highest BCUT2D eigenvalue weighted by Crippen LogP contribution is 2.31. The molecule has 1 heterocycles. The highest BCUT2D eigenvalue weighted by molar-refractivity contribution is 7.99. The van der Waals surface area contributed by atoms with Gasteiger partial charge in [-0.3, -0.25) is 10.1 Å². The zero-order chi connectivity index (χ0) is 9.97. The quantitative estimate of drug-likeness (QED) is 0.729. The van der Waals surface area contributed by atoms with Crippen LogP contribution in [0.5, 0.6) is 0 Å². The van der Waals surface area contributed by atoms with Crippen molar-refractivity contribution in [3.8, 4) is 0 Å². The van der Waals surface area contributed by atoms with Gasteiger partial charge in [-0.2, -0.15) is 11.8 Å². The molecule has 0 bridgehead atoms. The molecule has 0 aromatic rings. The molecule has 0 amide bonds. The molecule has 2 atom stereocenters. The van der Waals surface area contributed by atoms with Crippen molar-refractivity contribution in [2.45, 2.75) is 37.8 Å². The van der Waals surface area contributed by atoms with Crippen molar-refractivity contribution in [1.82, 2.24) is 5.32 Å². The minimum absolute atomic E-state index is 0.320. The van der Waals surface area contributed by atoms with Crippen molar-refractivity contribution in [3.05, 3.63) is 0 Å². The topological polar surface area (TPSA) is 49.3 Å². The number of aliphatic carboxylic acids is 1. The lowest BCUT2D eigenvalue weighted by Gasteiger charge is -2.32. The SMILES string of the molecule is O=C(O)C1CSCC(C2CCCC2)N1. The molecule has 0 aromatic heterocycles. The number of hydrogen-bond donors (Lipinski definition) is 2. The molecule has 0 radical (unpaired) electrons. The standard InChI is InChI=1S/C10H17NO2S/c12-10(13)9-6-14-5-8(11-9)7-3-1-2-4-7/h7-9,11H,1-6H2,(H,12,13). The van der Waals surface area contributed by atoms with E-state index in [9.17, 15) is 4.79 Å². The lowest BCUT2D eigenvalue weighted by molar-refractivity contribution is -0.139. The fourth-order valence-corrected chi connectivity index (χ4v) is 3.67. The minimum Gasteiger partial charge on any atom is -0.480 e. The van der Waals surface area contributed by atoms with Gasteiger partial charge in [-0.1, -0.05) is 12.8 Å². The van der Waals surface area contributed by atoms with E-state index in [1.54, 1.807) is 11.8 Å². The number of carboxylic acids is 1. The highest BCUT2D eigenvalue weighted by atomic mass is 32.2. The third-order valence-corrected chi connectivity index (χ3v) is 4.43. The van der Waals surface area contributed by atoms with E-state index >= 15 is 0 Å². The fourth-order valence-electron chi connectivity index (χ4n) is 2.44. The van der Waals surface area contributed by atoms with Crippen molar-refractivity contribution in [2.75, 3.05) is 11.5 Å². The first-order chi connectivity index (χ1) is 6.77. The zero-order valence-electron chi connectivity index (χ0n) is 8.24. The van der Waals surface area contributed by atoms with E-state index in [4.69, 9.17) is 5.11 Å². The average molecular weight is 215 g/mol. The molecule has 1 aliphatic heterocycles. The second kappa shape index (κ2) is 4.53. The van der Waals surface area contributed by atoms with E-state index < -0.39 is 5.97 Å². The molecule has 3 nitrogen and oxygen atoms in total. The molecule has 2 aliphatic rings. The summed E-state index contributed by atoms with van der Waals surface area (Å²) in [6.45, 7) is 0. The van der Waals surface area contributed by atoms with Gasteiger partial charge in [-0.25, -0.2) is 0 Å². The average Bonchev–Trinajstić information content (AvgIpc) is 2.71. The van der Waals surface area contributed by atoms with Crippen molar-refractivity contribution < 1.29 is 9.90 Å². The van der Waals surface area contributed by atoms with Gasteiger partial charge in [0.15, 0.2) is 0 Å². The predicted molar refractivity (Wildman–Crippen MR) is 57.6 cm³/mol. The van der Waals surface area contributed by atoms with Gasteiger partial charge in [-0.15, -0.1) is 0 Å². The Labute approximate surface area is 88.6 Å². The first-order valence-corrected chi connectivity index (χ1v) is 6.49. The Morgan fingerprint density at radius 3 is 2.64 bits per heavy atom. The van der Waals surface area contributed by atoms with E-state index in [1.165, 1.54) is 25.7 Å². The van der Waals surface area contributed by atoms with Crippen LogP contribution in [0.1, 0.15) is 25.7 Å². The summed E-state index contributed by atoms with van der Waals surface area (Å²) in [6, 6.07) is 0.122. The summed E-state index contributed by atoms with van der Waals surface area (Å²) in [5.74, 6) is 1.84. The largest absolute Gasteiger partial charge is 0.480 e. The summed E-state index contributed by atoms with van der Waals surface area (Å²) < 4.78 is 0. The van der Waals surface area contributed by atoms with E-state index in [0.29, 0.717) is 6.04 Å². The van der Waals surface area contributed by atoms with Crippen molar-refractivity contribution in [2.24, 2.45) is 5.92 Å². The van der Waals surface area contributed by atoms with E-state index in [0.717, 1.165) is 17.4 Å². The molecule has 80 valence electrons. The Bertz CT molecular complexity index is 216. The number of rotatable bonds is 2. The van der Waals surface area contributed by atoms with Crippen LogP contribution in [0.2, 0.25) is 0 Å². The van der Waals surface area contributed by atoms with Gasteiger partial charge in [0, 0.05) is 17.5 Å². The van der Waals surface area contributed by atoms with Gasteiger partial charge >= 0.3 is 5.97 Å². The van der Waals surface area contributed by atoms with Gasteiger partial charge in [0.05, 0.1) is 0 Å². The fraction of sp³-hybridized carbons (Fsp3) is 0.900. The third kappa shape index (κ3) is 2.23. The molecule has 2 fully saturated rings. The smallest absolute Gasteiger partial charge is 0.321 e. The second-order valence-corrected chi connectivity index (χ2v) is 5.32. The Morgan fingerprint density at radius 2 is 2.00 bits per heavy atom. The Balaban J connectivity index is 1.89. The van der Waals surface area contributed by atoms with Gasteiger partial charge in [0.1, 0.15) is 6.04 Å². The zero-order valence-corrected chi connectivity index (χ0v) is 9.05. The maximum absolute atomic E-state index is 10.8. The molecule has 2 unspecified atom stereocenters. The van der Waals surface area contributed by atoms with Crippen LogP contribution in [-0.2, 0) is 4.79 Å². The predicted octanol–water partition coefficient (Wildman–Crippen LogP) is 1.33. The Morgan fingerprint density at radius 1 is 1.29 bits per heavy atom. The van der Waals surface area contributed by atoms with Crippen LogP contribution in [0.15, 0.2) is 0 Å². The highest BCUT2D eigenvalue weighted by Gasteiger charge is 2.32. The number of hydrogen-bond acceptors (Lipinski definition) is 3. The Kier molecular flexibility index (Phi) is 3.34. The summed E-state index contributed by atoms with van der Waals surface area (Å²) in [5, 5.41) is 12.2. The van der Waals surface area contributed by atoms with E-state index in [1.807, 2.05) is 0 Å². The van der Waals surface area contributed by atoms with Crippen LogP contribution in [0.25, 0.3) is 0 Å². The minimum atomic E-state index is -0.694. The first-order valence-electron chi connectivity index (χ1n) is 5.34. The van der Waals surface area contributed by atoms with Gasteiger partial charge in [0.2, 0.25) is 0 Å². The molecule has 1 saturated carbocycles. The molecule has 2 rings (SSSR count). The number of nitrogens with one attached hydrogen (secondary N) is 1. The number of carbonyl (C=O) groups is 1. The monoisotopic (exact) mass is 215 g/mol. The van der Waals surface area contributed by atoms with Gasteiger partial charge < -0.3 is 5.11 Å². The first kappa shape index (κ1) is 10.3. The normalized spacial score (nSPS) is 34.6. The maximum atomic E-state index is 10.8. The molecular formula is C10H17NO2S. The number of thioether (sulfide) groups is 1. The summed E-state index contributed by atoms with van der Waals surface area (Å²) in [6.07, 6.45) is 5.21. The lowest BCUT2D eigenvalue weighted by atomic mass is 9.98. The maximum Gasteiger partial charge on any atom is 0.321 e. The summed E-state index contributed by atoms with van der Waals surface area (Å²) in [7, 11) is 0. The van der Waals surface area contributed by atoms with Gasteiger partial charge in [0.25, 0.3) is 0 Å². The number of carboxylic acid groups (broad SMARTS) is 1. The third-order valence-electron chi connectivity index (χ3n) is 3.26. The van der Waals surface area contributed by atoms with Crippen LogP contribution >= 0.6 is 11.8 Å². The van der Waals surface area contributed by atoms with Gasteiger partial charge in [-0.05, 0) is 18.8 Å². The van der Waals surface area contributed by atoms with Crippen LogP contribution < -0.4 is 5.32 Å². The second-order valence-electron chi connectivity index (χ2n) is 4.25.